The first-order chi connectivity index (χ1) is 7.06. The summed E-state index contributed by atoms with van der Waals surface area (Å²) < 4.78 is 5.08. The molecule has 1 aliphatic heterocycles. The Morgan fingerprint density at radius 1 is 1.13 bits per heavy atom. The van der Waals surface area contributed by atoms with Gasteiger partial charge in [-0.15, -0.1) is 0 Å². The van der Waals surface area contributed by atoms with Gasteiger partial charge in [-0.2, -0.15) is 0 Å². The van der Waals surface area contributed by atoms with Crippen molar-refractivity contribution in [3.63, 3.8) is 0 Å². The summed E-state index contributed by atoms with van der Waals surface area (Å²) in [6.07, 6.45) is 1.46. The molecule has 1 heterocycles. The Morgan fingerprint density at radius 3 is 2.20 bits per heavy atom. The molecule has 0 bridgehead atoms. The molecule has 15 heavy (non-hydrogen) atoms. The molecular weight excluding hydrogens is 188 g/mol. The van der Waals surface area contributed by atoms with Crippen molar-refractivity contribution in [2.75, 3.05) is 0 Å². The Hall–Kier alpha value is -1.57. The summed E-state index contributed by atoms with van der Waals surface area (Å²) in [5.74, 6) is -0.239. The summed E-state index contributed by atoms with van der Waals surface area (Å²) in [4.78, 5) is 11.1. The predicted octanol–water partition coefficient (Wildman–Crippen LogP) is 2.63. The van der Waals surface area contributed by atoms with E-state index >= 15 is 0 Å². The zero-order valence-corrected chi connectivity index (χ0v) is 9.20. The molecule has 1 aromatic rings. The number of carbonyl (C=O) groups excluding carboxylic acids is 1. The molecule has 0 fully saturated rings. The highest BCUT2D eigenvalue weighted by atomic mass is 16.5. The second-order valence-electron chi connectivity index (χ2n) is 4.06. The summed E-state index contributed by atoms with van der Waals surface area (Å²) in [6, 6.07) is 6.28. The standard InChI is InChI=1S/C13H14O2/c1-8-4-9(2)6-11(5-8)12-7-13(14)15-10(12)3/h4-7,10H,1-3H3. The lowest BCUT2D eigenvalue weighted by Gasteiger charge is -2.10. The average molecular weight is 202 g/mol. The molecule has 0 amide bonds. The maximum absolute atomic E-state index is 11.1. The predicted molar refractivity (Wildman–Crippen MR) is 59.4 cm³/mol. The molecule has 2 rings (SSSR count). The van der Waals surface area contributed by atoms with Gasteiger partial charge in [0.25, 0.3) is 0 Å². The van der Waals surface area contributed by atoms with Crippen molar-refractivity contribution in [2.24, 2.45) is 0 Å². The van der Waals surface area contributed by atoms with E-state index in [9.17, 15) is 4.79 Å². The number of hydrogen-bond acceptors (Lipinski definition) is 2. The normalized spacial score (nSPS) is 20.1. The highest BCUT2D eigenvalue weighted by Crippen LogP contribution is 2.27. The molecule has 78 valence electrons. The minimum atomic E-state index is -0.239. The topological polar surface area (TPSA) is 26.3 Å². The van der Waals surface area contributed by atoms with E-state index in [-0.39, 0.29) is 12.1 Å². The van der Waals surface area contributed by atoms with Crippen LogP contribution in [0.3, 0.4) is 0 Å². The summed E-state index contributed by atoms with van der Waals surface area (Å²) >= 11 is 0. The number of hydrogen-bond donors (Lipinski definition) is 0. The fourth-order valence-corrected chi connectivity index (χ4v) is 1.98. The molecule has 1 unspecified atom stereocenters. The first-order valence-electron chi connectivity index (χ1n) is 5.07. The molecule has 0 N–H and O–H groups in total. The molecule has 0 saturated heterocycles. The molecule has 2 heteroatoms. The van der Waals surface area contributed by atoms with Crippen molar-refractivity contribution in [1.82, 2.24) is 0 Å². The van der Waals surface area contributed by atoms with E-state index in [4.69, 9.17) is 4.74 Å². The van der Waals surface area contributed by atoms with Gasteiger partial charge in [-0.25, -0.2) is 4.79 Å². The van der Waals surface area contributed by atoms with Crippen molar-refractivity contribution in [2.45, 2.75) is 26.9 Å². The maximum atomic E-state index is 11.1. The maximum Gasteiger partial charge on any atom is 0.331 e. The van der Waals surface area contributed by atoms with Gasteiger partial charge >= 0.3 is 5.97 Å². The number of aryl methyl sites for hydroxylation is 2. The van der Waals surface area contributed by atoms with E-state index in [1.807, 2.05) is 6.92 Å². The van der Waals surface area contributed by atoms with Crippen LogP contribution in [0.25, 0.3) is 5.57 Å². The third kappa shape index (κ3) is 1.94. The molecule has 1 aliphatic rings. The molecular formula is C13H14O2. The molecule has 0 spiro atoms. The highest BCUT2D eigenvalue weighted by molar-refractivity contribution is 5.97. The second kappa shape index (κ2) is 3.54. The fourth-order valence-electron chi connectivity index (χ4n) is 1.98. The van der Waals surface area contributed by atoms with Crippen molar-refractivity contribution < 1.29 is 9.53 Å². The fraction of sp³-hybridized carbons (Fsp3) is 0.308. The van der Waals surface area contributed by atoms with Gasteiger partial charge in [-0.05, 0) is 26.3 Å². The third-order valence-corrected chi connectivity index (χ3v) is 2.56. The van der Waals surface area contributed by atoms with Crippen molar-refractivity contribution in [1.29, 1.82) is 0 Å². The van der Waals surface area contributed by atoms with Gasteiger partial charge in [0.05, 0.1) is 0 Å². The van der Waals surface area contributed by atoms with E-state index in [1.54, 1.807) is 6.08 Å². The van der Waals surface area contributed by atoms with Crippen LogP contribution in [-0.2, 0) is 9.53 Å². The van der Waals surface area contributed by atoms with E-state index in [0.717, 1.165) is 11.1 Å². The number of cyclic esters (lactones) is 1. The van der Waals surface area contributed by atoms with Gasteiger partial charge in [-0.1, -0.05) is 29.3 Å². The van der Waals surface area contributed by atoms with Crippen LogP contribution in [0.4, 0.5) is 0 Å². The summed E-state index contributed by atoms with van der Waals surface area (Å²) in [7, 11) is 0. The Bertz CT molecular complexity index is 424. The van der Waals surface area contributed by atoms with Crippen molar-refractivity contribution >= 4 is 11.5 Å². The Kier molecular flexibility index (Phi) is 2.35. The smallest absolute Gasteiger partial charge is 0.331 e. The molecule has 1 atom stereocenters. The van der Waals surface area contributed by atoms with Crippen LogP contribution in [-0.4, -0.2) is 12.1 Å². The molecule has 1 aromatic carbocycles. The number of benzene rings is 1. The Balaban J connectivity index is 2.46. The summed E-state index contributed by atoms with van der Waals surface area (Å²) in [5, 5.41) is 0. The minimum Gasteiger partial charge on any atom is -0.455 e. The van der Waals surface area contributed by atoms with Gasteiger partial charge in [0.2, 0.25) is 0 Å². The van der Waals surface area contributed by atoms with E-state index in [2.05, 4.69) is 32.0 Å². The van der Waals surface area contributed by atoms with Crippen LogP contribution in [0.5, 0.6) is 0 Å². The lowest BCUT2D eigenvalue weighted by Crippen LogP contribution is -2.05. The minimum absolute atomic E-state index is 0.126. The number of ether oxygens (including phenoxy) is 1. The van der Waals surface area contributed by atoms with Crippen LogP contribution >= 0.6 is 0 Å². The highest BCUT2D eigenvalue weighted by Gasteiger charge is 2.22. The second-order valence-corrected chi connectivity index (χ2v) is 4.06. The number of rotatable bonds is 1. The van der Waals surface area contributed by atoms with Crippen LogP contribution < -0.4 is 0 Å². The largest absolute Gasteiger partial charge is 0.455 e. The lowest BCUT2D eigenvalue weighted by atomic mass is 9.98. The van der Waals surface area contributed by atoms with Gasteiger partial charge in [0.15, 0.2) is 0 Å². The average Bonchev–Trinajstić information content (AvgIpc) is 2.43. The quantitative estimate of drug-likeness (QED) is 0.654. The summed E-state index contributed by atoms with van der Waals surface area (Å²) in [5.41, 5.74) is 4.48. The van der Waals surface area contributed by atoms with Crippen LogP contribution in [0, 0.1) is 13.8 Å². The van der Waals surface area contributed by atoms with Gasteiger partial charge in [0, 0.05) is 11.6 Å². The first-order valence-corrected chi connectivity index (χ1v) is 5.07. The zero-order valence-electron chi connectivity index (χ0n) is 9.20. The Labute approximate surface area is 89.6 Å². The van der Waals surface area contributed by atoms with Crippen LogP contribution in [0.2, 0.25) is 0 Å². The number of esters is 1. The monoisotopic (exact) mass is 202 g/mol. The van der Waals surface area contributed by atoms with E-state index in [1.165, 1.54) is 11.1 Å². The summed E-state index contributed by atoms with van der Waals surface area (Å²) in [6.45, 7) is 6.01. The molecule has 0 aliphatic carbocycles. The van der Waals surface area contributed by atoms with Gasteiger partial charge in [0.1, 0.15) is 6.10 Å². The van der Waals surface area contributed by atoms with Gasteiger partial charge < -0.3 is 4.74 Å². The van der Waals surface area contributed by atoms with Crippen LogP contribution in [0.15, 0.2) is 24.3 Å². The van der Waals surface area contributed by atoms with E-state index < -0.39 is 0 Å². The number of carbonyl (C=O) groups is 1. The molecule has 2 nitrogen and oxygen atoms in total. The molecule has 0 saturated carbocycles. The van der Waals surface area contributed by atoms with E-state index in [0.29, 0.717) is 0 Å². The van der Waals surface area contributed by atoms with Crippen molar-refractivity contribution in [3.8, 4) is 0 Å². The molecule has 0 radical (unpaired) electrons. The molecule has 0 aromatic heterocycles. The van der Waals surface area contributed by atoms with Crippen LogP contribution in [0.1, 0.15) is 23.6 Å². The SMILES string of the molecule is Cc1cc(C)cc(C2=CC(=O)OC2C)c1. The zero-order chi connectivity index (χ0) is 11.0. The third-order valence-electron chi connectivity index (χ3n) is 2.56. The Morgan fingerprint density at radius 2 is 1.73 bits per heavy atom. The lowest BCUT2D eigenvalue weighted by molar-refractivity contribution is -0.137. The van der Waals surface area contributed by atoms with Gasteiger partial charge in [-0.3, -0.25) is 0 Å². The first kappa shape index (κ1) is 9.97. The van der Waals surface area contributed by atoms with Crippen molar-refractivity contribution in [3.05, 3.63) is 41.0 Å².